The Morgan fingerprint density at radius 1 is 1.08 bits per heavy atom. The van der Waals surface area contributed by atoms with Gasteiger partial charge in [-0.05, 0) is 47.9 Å². The molecule has 8 heteroatoms. The smallest absolute Gasteiger partial charge is 0.295 e. The number of Topliss-reactive ketones (excluding diaryl/α,β-unsaturated/α-hetero) is 1. The topological polar surface area (TPSA) is 102 Å². The van der Waals surface area contributed by atoms with Crippen LogP contribution in [-0.2, 0) is 16.1 Å². The number of ketones is 1. The van der Waals surface area contributed by atoms with Gasteiger partial charge in [0.05, 0.1) is 19.2 Å². The molecule has 3 aromatic rings. The molecule has 1 amide bonds. The van der Waals surface area contributed by atoms with Gasteiger partial charge in [-0.15, -0.1) is 0 Å². The predicted molar refractivity (Wildman–Crippen MR) is 132 cm³/mol. The van der Waals surface area contributed by atoms with Gasteiger partial charge < -0.3 is 24.2 Å². The van der Waals surface area contributed by atoms with Crippen LogP contribution < -0.4 is 24.3 Å². The van der Waals surface area contributed by atoms with Crippen LogP contribution in [0.15, 0.2) is 72.6 Å². The van der Waals surface area contributed by atoms with Crippen molar-refractivity contribution in [3.63, 3.8) is 0 Å². The van der Waals surface area contributed by atoms with E-state index in [4.69, 9.17) is 14.2 Å². The largest absolute Gasteiger partial charge is 0.872 e. The number of carbonyl (C=O) groups excluding carboxylic acids is 2. The summed E-state index contributed by atoms with van der Waals surface area (Å²) >= 11 is 0. The summed E-state index contributed by atoms with van der Waals surface area (Å²) in [6.07, 6.45) is 5.42. The zero-order valence-electron chi connectivity index (χ0n) is 20.6. The average molecular weight is 501 g/mol. The van der Waals surface area contributed by atoms with Crippen LogP contribution in [0.4, 0.5) is 0 Å². The number of rotatable bonds is 8. The fraction of sp³-hybridized carbons (Fsp3) is 0.276. The van der Waals surface area contributed by atoms with Gasteiger partial charge in [0.2, 0.25) is 5.78 Å². The number of fused-ring (bicyclic) bond motifs is 1. The molecule has 0 spiro atoms. The van der Waals surface area contributed by atoms with E-state index in [9.17, 15) is 14.7 Å². The molecule has 1 aromatic heterocycles. The second-order valence-electron chi connectivity index (χ2n) is 8.95. The number of aromatic nitrogens is 1. The van der Waals surface area contributed by atoms with Crippen LogP contribution in [-0.4, -0.2) is 36.4 Å². The molecule has 3 heterocycles. The molecule has 0 aliphatic carbocycles. The standard InChI is InChI=1S/C29H28N2O6/c1-2-3-12-35-22-8-4-7-20(15-22)26-25(27(32)21-9-10-23-24(16-21)37-14-13-36-23)28(33)29(34)31(26)18-19-6-5-11-30-17-19/h4-11,15-17,26,32H,2-3,12-14,18H2,1H3/b27-25+. The molecule has 0 bridgehead atoms. The Balaban J connectivity index is 1.59. The highest BCUT2D eigenvalue weighted by atomic mass is 16.6. The van der Waals surface area contributed by atoms with Crippen molar-refractivity contribution in [2.75, 3.05) is 19.8 Å². The summed E-state index contributed by atoms with van der Waals surface area (Å²) < 4.78 is 17.1. The molecule has 190 valence electrons. The van der Waals surface area contributed by atoms with Crippen LogP contribution in [0.2, 0.25) is 0 Å². The van der Waals surface area contributed by atoms with Crippen LogP contribution in [0.1, 0.15) is 42.5 Å². The highest BCUT2D eigenvalue weighted by Gasteiger charge is 2.44. The first-order valence-electron chi connectivity index (χ1n) is 12.4. The van der Waals surface area contributed by atoms with Crippen molar-refractivity contribution in [1.29, 1.82) is 0 Å². The van der Waals surface area contributed by atoms with E-state index in [1.165, 1.54) is 4.90 Å². The maximum absolute atomic E-state index is 13.8. The monoisotopic (exact) mass is 500 g/mol. The summed E-state index contributed by atoms with van der Waals surface area (Å²) in [4.78, 5) is 31.1. The van der Waals surface area contributed by atoms with Crippen LogP contribution in [0.5, 0.6) is 17.2 Å². The lowest BCUT2D eigenvalue weighted by Gasteiger charge is -2.28. The number of aromatic amines is 1. The third kappa shape index (κ3) is 5.00. The molecule has 8 nitrogen and oxygen atoms in total. The van der Waals surface area contributed by atoms with Crippen molar-refractivity contribution >= 4 is 17.4 Å². The molecule has 1 fully saturated rings. The Morgan fingerprint density at radius 3 is 2.70 bits per heavy atom. The van der Waals surface area contributed by atoms with E-state index < -0.39 is 23.5 Å². The van der Waals surface area contributed by atoms with Gasteiger partial charge in [-0.3, -0.25) is 9.59 Å². The maximum Gasteiger partial charge on any atom is 0.295 e. The number of amides is 1. The van der Waals surface area contributed by atoms with E-state index in [0.29, 0.717) is 42.6 Å². The van der Waals surface area contributed by atoms with E-state index in [0.717, 1.165) is 18.4 Å². The normalized spacial score (nSPS) is 18.2. The average Bonchev–Trinajstić information content (AvgIpc) is 3.18. The van der Waals surface area contributed by atoms with E-state index in [1.807, 2.05) is 30.3 Å². The Labute approximate surface area is 215 Å². The number of benzene rings is 2. The van der Waals surface area contributed by atoms with Gasteiger partial charge in [-0.1, -0.05) is 37.3 Å². The molecular weight excluding hydrogens is 472 g/mol. The van der Waals surface area contributed by atoms with Crippen molar-refractivity contribution in [1.82, 2.24) is 4.90 Å². The number of pyridine rings is 1. The van der Waals surface area contributed by atoms with Crippen LogP contribution in [0.3, 0.4) is 0 Å². The molecule has 37 heavy (non-hydrogen) atoms. The predicted octanol–water partition coefficient (Wildman–Crippen LogP) is 2.88. The number of unbranched alkanes of at least 4 members (excludes halogenated alkanes) is 1. The lowest BCUT2D eigenvalue weighted by atomic mass is 9.95. The summed E-state index contributed by atoms with van der Waals surface area (Å²) in [6.45, 7) is 3.59. The van der Waals surface area contributed by atoms with Gasteiger partial charge in [0.15, 0.2) is 23.9 Å². The first kappa shape index (κ1) is 24.4. The Kier molecular flexibility index (Phi) is 7.07. The second-order valence-corrected chi connectivity index (χ2v) is 8.95. The first-order valence-corrected chi connectivity index (χ1v) is 12.4. The zero-order chi connectivity index (χ0) is 25.8. The van der Waals surface area contributed by atoms with Crippen LogP contribution in [0, 0.1) is 0 Å². The first-order chi connectivity index (χ1) is 18.1. The summed E-state index contributed by atoms with van der Waals surface area (Å²) in [5, 5.41) is 13.8. The Morgan fingerprint density at radius 2 is 1.92 bits per heavy atom. The van der Waals surface area contributed by atoms with Gasteiger partial charge in [0, 0.05) is 17.2 Å². The summed E-state index contributed by atoms with van der Waals surface area (Å²) in [6, 6.07) is 14.9. The van der Waals surface area contributed by atoms with E-state index in [1.54, 1.807) is 36.7 Å². The quantitative estimate of drug-likeness (QED) is 0.204. The zero-order valence-corrected chi connectivity index (χ0v) is 20.6. The molecule has 2 aliphatic rings. The molecule has 2 aliphatic heterocycles. The lowest BCUT2D eigenvalue weighted by Crippen LogP contribution is -2.29. The third-order valence-electron chi connectivity index (χ3n) is 6.40. The van der Waals surface area contributed by atoms with E-state index >= 15 is 0 Å². The minimum absolute atomic E-state index is 0.0905. The highest BCUT2D eigenvalue weighted by Crippen LogP contribution is 2.41. The fourth-order valence-electron chi connectivity index (χ4n) is 4.55. The molecule has 1 saturated heterocycles. The molecule has 0 saturated carbocycles. The number of hydrogen-bond donors (Lipinski definition) is 0. The molecule has 1 unspecified atom stereocenters. The molecular formula is C29H28N2O6. The van der Waals surface area contributed by atoms with Crippen molar-refractivity contribution in [3.05, 3.63) is 89.3 Å². The van der Waals surface area contributed by atoms with E-state index in [-0.39, 0.29) is 17.7 Å². The molecule has 1 N–H and O–H groups in total. The molecule has 1 atom stereocenters. The fourth-order valence-corrected chi connectivity index (χ4v) is 4.55. The minimum atomic E-state index is -0.865. The summed E-state index contributed by atoms with van der Waals surface area (Å²) in [7, 11) is 0. The second kappa shape index (κ2) is 10.7. The number of nitrogens with one attached hydrogen (secondary N) is 1. The SMILES string of the molecule is CCCCOc1cccc(C2/C(=C(\[O-])c3ccc4c(c3)OCCO4)C(=O)C(=O)N2Cc2ccc[nH+]c2)c1. The Bertz CT molecular complexity index is 1340. The van der Waals surface area contributed by atoms with E-state index in [2.05, 4.69) is 11.9 Å². The lowest BCUT2D eigenvalue weighted by molar-refractivity contribution is -0.378. The van der Waals surface area contributed by atoms with Gasteiger partial charge >= 0.3 is 0 Å². The number of H-pyrrole nitrogens is 1. The minimum Gasteiger partial charge on any atom is -0.872 e. The number of ether oxygens (including phenoxy) is 3. The van der Waals surface area contributed by atoms with Gasteiger partial charge in [-0.25, -0.2) is 4.98 Å². The highest BCUT2D eigenvalue weighted by molar-refractivity contribution is 6.46. The van der Waals surface area contributed by atoms with Crippen molar-refractivity contribution in [2.24, 2.45) is 0 Å². The van der Waals surface area contributed by atoms with Gasteiger partial charge in [0.1, 0.15) is 19.0 Å². The summed E-state index contributed by atoms with van der Waals surface area (Å²) in [5.74, 6) is -0.433. The maximum atomic E-state index is 13.8. The third-order valence-corrected chi connectivity index (χ3v) is 6.40. The van der Waals surface area contributed by atoms with Crippen molar-refractivity contribution in [3.8, 4) is 17.2 Å². The molecule has 0 radical (unpaired) electrons. The Hall–Kier alpha value is -4.33. The van der Waals surface area contributed by atoms with Crippen molar-refractivity contribution < 1.29 is 33.9 Å². The molecule has 2 aromatic carbocycles. The van der Waals surface area contributed by atoms with Crippen LogP contribution in [0.25, 0.3) is 5.76 Å². The van der Waals surface area contributed by atoms with Gasteiger partial charge in [0.25, 0.3) is 5.91 Å². The summed E-state index contributed by atoms with van der Waals surface area (Å²) in [5.41, 5.74) is 1.61. The van der Waals surface area contributed by atoms with Crippen molar-refractivity contribution in [2.45, 2.75) is 32.4 Å². The van der Waals surface area contributed by atoms with Gasteiger partial charge in [-0.2, -0.15) is 0 Å². The number of likely N-dealkylation sites (tertiary alicyclic amines) is 1. The molecule has 5 rings (SSSR count). The van der Waals surface area contributed by atoms with Crippen LogP contribution >= 0.6 is 0 Å². The number of nitrogens with zero attached hydrogens (tertiary/aromatic N) is 1. The number of carbonyl (C=O) groups is 2. The number of hydrogen-bond acceptors (Lipinski definition) is 6.